The summed E-state index contributed by atoms with van der Waals surface area (Å²) in [6, 6.07) is 0.176. The molecule has 0 aromatic rings. The highest BCUT2D eigenvalue weighted by Gasteiger charge is 2.27. The number of carboxylic acids is 1. The second kappa shape index (κ2) is 6.34. The Morgan fingerprint density at radius 3 is 2.42 bits per heavy atom. The van der Waals surface area contributed by atoms with Crippen LogP contribution in [-0.4, -0.2) is 71.6 Å². The highest BCUT2D eigenvalue weighted by Crippen LogP contribution is 2.18. The quantitative estimate of drug-likeness (QED) is 0.695. The molecule has 0 spiro atoms. The van der Waals surface area contributed by atoms with Gasteiger partial charge in [0, 0.05) is 45.2 Å². The maximum Gasteiger partial charge on any atom is 0.320 e. The summed E-state index contributed by atoms with van der Waals surface area (Å²) >= 11 is 0. The van der Waals surface area contributed by atoms with Crippen molar-refractivity contribution in [3.63, 3.8) is 0 Å². The van der Waals surface area contributed by atoms with Crippen LogP contribution in [0.4, 0.5) is 0 Å². The Balaban J connectivity index is 1.66. The van der Waals surface area contributed by atoms with Gasteiger partial charge in [0.1, 0.15) is 6.04 Å². The molecule has 1 heterocycles. The van der Waals surface area contributed by atoms with Gasteiger partial charge in [-0.05, 0) is 19.8 Å². The number of hydrogen-bond donors (Lipinski definition) is 2. The molecule has 1 atom stereocenters. The topological polar surface area (TPSA) is 72.9 Å². The molecule has 19 heavy (non-hydrogen) atoms. The van der Waals surface area contributed by atoms with E-state index in [-0.39, 0.29) is 5.91 Å². The molecule has 108 valence electrons. The summed E-state index contributed by atoms with van der Waals surface area (Å²) in [4.78, 5) is 26.6. The zero-order valence-electron chi connectivity index (χ0n) is 11.5. The molecular formula is C13H23N3O3. The highest BCUT2D eigenvalue weighted by molar-refractivity contribution is 5.76. The molecule has 2 aliphatic rings. The van der Waals surface area contributed by atoms with E-state index in [9.17, 15) is 9.59 Å². The van der Waals surface area contributed by atoms with Crippen LogP contribution >= 0.6 is 0 Å². The third-order valence-corrected chi connectivity index (χ3v) is 3.92. The van der Waals surface area contributed by atoms with Crippen LogP contribution in [0.3, 0.4) is 0 Å². The fourth-order valence-corrected chi connectivity index (χ4v) is 2.34. The Kier molecular flexibility index (Phi) is 4.76. The molecule has 0 aromatic carbocycles. The number of piperazine rings is 1. The van der Waals surface area contributed by atoms with Gasteiger partial charge in [-0.3, -0.25) is 14.5 Å². The molecule has 2 N–H and O–H groups in total. The van der Waals surface area contributed by atoms with Gasteiger partial charge in [-0.2, -0.15) is 0 Å². The van der Waals surface area contributed by atoms with Crippen molar-refractivity contribution in [1.82, 2.24) is 15.1 Å². The lowest BCUT2D eigenvalue weighted by atomic mass is 10.2. The Morgan fingerprint density at radius 1 is 1.26 bits per heavy atom. The molecule has 6 nitrogen and oxygen atoms in total. The molecule has 2 rings (SSSR count). The lowest BCUT2D eigenvalue weighted by Gasteiger charge is -2.36. The fraction of sp³-hybridized carbons (Fsp3) is 0.846. The summed E-state index contributed by atoms with van der Waals surface area (Å²) in [5, 5.41) is 12.3. The van der Waals surface area contributed by atoms with Crippen LogP contribution in [0.15, 0.2) is 0 Å². The molecule has 1 unspecified atom stereocenters. The number of nitrogens with one attached hydrogen (secondary N) is 1. The van der Waals surface area contributed by atoms with Crippen LogP contribution in [0, 0.1) is 0 Å². The van der Waals surface area contributed by atoms with Crippen molar-refractivity contribution in [2.45, 2.75) is 38.3 Å². The van der Waals surface area contributed by atoms with Gasteiger partial charge in [0.2, 0.25) is 5.91 Å². The van der Waals surface area contributed by atoms with E-state index in [0.29, 0.717) is 38.6 Å². The van der Waals surface area contributed by atoms with Crippen LogP contribution < -0.4 is 5.32 Å². The van der Waals surface area contributed by atoms with E-state index in [4.69, 9.17) is 5.11 Å². The maximum absolute atomic E-state index is 12.0. The number of carboxylic acid groups (broad SMARTS) is 1. The normalized spacial score (nSPS) is 22.3. The lowest BCUT2D eigenvalue weighted by molar-refractivity contribution is -0.144. The minimum Gasteiger partial charge on any atom is -0.480 e. The Bertz CT molecular complexity index is 336. The molecule has 2 fully saturated rings. The van der Waals surface area contributed by atoms with Crippen LogP contribution in [0.2, 0.25) is 0 Å². The predicted octanol–water partition coefficient (Wildman–Crippen LogP) is -0.254. The predicted molar refractivity (Wildman–Crippen MR) is 70.9 cm³/mol. The van der Waals surface area contributed by atoms with Gasteiger partial charge in [0.25, 0.3) is 0 Å². The smallest absolute Gasteiger partial charge is 0.320 e. The highest BCUT2D eigenvalue weighted by atomic mass is 16.4. The van der Waals surface area contributed by atoms with Crippen molar-refractivity contribution in [2.75, 3.05) is 32.7 Å². The number of hydrogen-bond acceptors (Lipinski definition) is 4. The minimum absolute atomic E-state index is 0.177. The molecule has 0 radical (unpaired) electrons. The van der Waals surface area contributed by atoms with Crippen LogP contribution in [0.5, 0.6) is 0 Å². The zero-order chi connectivity index (χ0) is 13.8. The maximum atomic E-state index is 12.0. The third kappa shape index (κ3) is 4.18. The number of aliphatic carboxylic acids is 1. The second-order valence-electron chi connectivity index (χ2n) is 5.41. The van der Waals surface area contributed by atoms with Gasteiger partial charge < -0.3 is 15.3 Å². The van der Waals surface area contributed by atoms with Gasteiger partial charge in [-0.15, -0.1) is 0 Å². The molecule has 1 aliphatic heterocycles. The summed E-state index contributed by atoms with van der Waals surface area (Å²) in [6.45, 7) is 5.03. The van der Waals surface area contributed by atoms with E-state index in [0.717, 1.165) is 6.54 Å². The van der Waals surface area contributed by atoms with Gasteiger partial charge in [-0.25, -0.2) is 0 Å². The summed E-state index contributed by atoms with van der Waals surface area (Å²) < 4.78 is 0. The van der Waals surface area contributed by atoms with Crippen LogP contribution in [0.25, 0.3) is 0 Å². The third-order valence-electron chi connectivity index (χ3n) is 3.92. The molecule has 1 saturated carbocycles. The molecule has 1 aliphatic carbocycles. The number of amides is 1. The van der Waals surface area contributed by atoms with E-state index < -0.39 is 12.0 Å². The second-order valence-corrected chi connectivity index (χ2v) is 5.41. The molecule has 6 heteroatoms. The fourth-order valence-electron chi connectivity index (χ4n) is 2.34. The van der Waals surface area contributed by atoms with Crippen molar-refractivity contribution >= 4 is 11.9 Å². The van der Waals surface area contributed by atoms with Crippen molar-refractivity contribution < 1.29 is 14.7 Å². The Hall–Kier alpha value is -1.14. The first-order valence-corrected chi connectivity index (χ1v) is 7.06. The van der Waals surface area contributed by atoms with E-state index in [2.05, 4.69) is 5.32 Å². The Morgan fingerprint density at radius 2 is 1.89 bits per heavy atom. The lowest BCUT2D eigenvalue weighted by Crippen LogP contribution is -2.53. The average molecular weight is 269 g/mol. The summed E-state index contributed by atoms with van der Waals surface area (Å²) in [7, 11) is 0. The molecule has 0 bridgehead atoms. The van der Waals surface area contributed by atoms with E-state index in [1.807, 2.05) is 9.80 Å². The largest absolute Gasteiger partial charge is 0.480 e. The van der Waals surface area contributed by atoms with E-state index in [1.165, 1.54) is 12.8 Å². The SMILES string of the molecule is CC(C(=O)O)N1CCN(C(=O)CCNC2CC2)CC1. The summed E-state index contributed by atoms with van der Waals surface area (Å²) in [6.07, 6.45) is 3.02. The number of rotatable bonds is 6. The van der Waals surface area contributed by atoms with E-state index >= 15 is 0 Å². The summed E-state index contributed by atoms with van der Waals surface area (Å²) in [5.74, 6) is -0.621. The van der Waals surface area contributed by atoms with Gasteiger partial charge >= 0.3 is 5.97 Å². The van der Waals surface area contributed by atoms with E-state index in [1.54, 1.807) is 6.92 Å². The first-order valence-electron chi connectivity index (χ1n) is 7.06. The first kappa shape index (κ1) is 14.3. The zero-order valence-corrected chi connectivity index (χ0v) is 11.5. The number of nitrogens with zero attached hydrogens (tertiary/aromatic N) is 2. The number of carbonyl (C=O) groups is 2. The summed E-state index contributed by atoms with van der Waals surface area (Å²) in [5.41, 5.74) is 0. The first-order chi connectivity index (χ1) is 9.08. The van der Waals surface area contributed by atoms with Gasteiger partial charge in [0.05, 0.1) is 0 Å². The van der Waals surface area contributed by atoms with Crippen molar-refractivity contribution in [1.29, 1.82) is 0 Å². The van der Waals surface area contributed by atoms with Crippen LogP contribution in [0.1, 0.15) is 26.2 Å². The monoisotopic (exact) mass is 269 g/mol. The standard InChI is InChI=1S/C13H23N3O3/c1-10(13(18)19)15-6-8-16(9-7-15)12(17)4-5-14-11-2-3-11/h10-11,14H,2-9H2,1H3,(H,18,19). The Labute approximate surface area is 113 Å². The molecule has 1 saturated heterocycles. The number of carbonyl (C=O) groups excluding carboxylic acids is 1. The average Bonchev–Trinajstić information content (AvgIpc) is 3.22. The van der Waals surface area contributed by atoms with Crippen molar-refractivity contribution in [3.8, 4) is 0 Å². The molecular weight excluding hydrogens is 246 g/mol. The van der Waals surface area contributed by atoms with Crippen LogP contribution in [-0.2, 0) is 9.59 Å². The van der Waals surface area contributed by atoms with Gasteiger partial charge in [0.15, 0.2) is 0 Å². The molecule has 1 amide bonds. The minimum atomic E-state index is -0.798. The van der Waals surface area contributed by atoms with Gasteiger partial charge in [-0.1, -0.05) is 0 Å². The van der Waals surface area contributed by atoms with Crippen molar-refractivity contribution in [2.24, 2.45) is 0 Å². The molecule has 0 aromatic heterocycles. The van der Waals surface area contributed by atoms with Crippen molar-refractivity contribution in [3.05, 3.63) is 0 Å².